The van der Waals surface area contributed by atoms with E-state index in [4.69, 9.17) is 0 Å². The largest absolute Gasteiger partial charge is 0.351 e. The minimum atomic E-state index is 0.881. The van der Waals surface area contributed by atoms with Crippen molar-refractivity contribution in [2.75, 3.05) is 11.4 Å². The zero-order valence-electron chi connectivity index (χ0n) is 14.1. The van der Waals surface area contributed by atoms with E-state index in [1.807, 2.05) is 6.92 Å². The molecule has 4 heteroatoms. The van der Waals surface area contributed by atoms with Crippen molar-refractivity contribution in [3.05, 3.63) is 79.0 Å². The van der Waals surface area contributed by atoms with E-state index in [1.54, 1.807) is 0 Å². The Bertz CT molecular complexity index is 894. The highest BCUT2D eigenvalue weighted by Gasteiger charge is 2.15. The van der Waals surface area contributed by atoms with E-state index in [2.05, 4.69) is 94.1 Å². The first-order valence-electron chi connectivity index (χ1n) is 8.26. The van der Waals surface area contributed by atoms with Gasteiger partial charge in [-0.25, -0.2) is 0 Å². The van der Waals surface area contributed by atoms with Gasteiger partial charge in [-0.05, 0) is 42.8 Å². The van der Waals surface area contributed by atoms with E-state index in [0.717, 1.165) is 18.8 Å². The molecular weight excluding hydrogens is 296 g/mol. The number of hydrogen-bond acceptors (Lipinski definition) is 3. The molecule has 2 heterocycles. The average molecular weight is 317 g/mol. The van der Waals surface area contributed by atoms with Crippen LogP contribution in [0.2, 0.25) is 0 Å². The molecule has 1 radical (unpaired) electrons. The van der Waals surface area contributed by atoms with Crippen LogP contribution in [0.15, 0.2) is 60.9 Å². The van der Waals surface area contributed by atoms with Gasteiger partial charge in [-0.15, -0.1) is 0 Å². The Morgan fingerprint density at radius 1 is 0.875 bits per heavy atom. The van der Waals surface area contributed by atoms with Crippen molar-refractivity contribution < 1.29 is 0 Å². The van der Waals surface area contributed by atoms with Crippen LogP contribution in [0.25, 0.3) is 10.8 Å². The van der Waals surface area contributed by atoms with Crippen LogP contribution >= 0.6 is 0 Å². The molecule has 4 nitrogen and oxygen atoms in total. The quantitative estimate of drug-likeness (QED) is 0.725. The second-order valence-corrected chi connectivity index (χ2v) is 6.24. The molecule has 1 aromatic heterocycles. The molecule has 3 aromatic rings. The third kappa shape index (κ3) is 2.87. The third-order valence-electron chi connectivity index (χ3n) is 4.40. The lowest BCUT2D eigenvalue weighted by Crippen LogP contribution is -2.23. The molecule has 0 amide bonds. The van der Waals surface area contributed by atoms with Crippen LogP contribution in [0, 0.1) is 20.5 Å². The molecule has 1 aliphatic heterocycles. The molecule has 0 N–H and O–H groups in total. The van der Waals surface area contributed by atoms with E-state index >= 15 is 0 Å². The SMILES string of the molecule is Cc1cc(C)n(CCN2[CH]N(c3ccc4ccccc4c3)C=C2)n1. The Labute approximate surface area is 142 Å². The minimum absolute atomic E-state index is 0.881. The second-order valence-electron chi connectivity index (χ2n) is 6.24. The Kier molecular flexibility index (Phi) is 3.73. The molecule has 2 aromatic carbocycles. The summed E-state index contributed by atoms with van der Waals surface area (Å²) in [4.78, 5) is 4.36. The zero-order chi connectivity index (χ0) is 16.5. The maximum atomic E-state index is 4.52. The van der Waals surface area contributed by atoms with Crippen LogP contribution in [-0.4, -0.2) is 21.2 Å². The van der Waals surface area contributed by atoms with Crippen molar-refractivity contribution in [1.82, 2.24) is 14.7 Å². The third-order valence-corrected chi connectivity index (χ3v) is 4.40. The Morgan fingerprint density at radius 3 is 2.50 bits per heavy atom. The van der Waals surface area contributed by atoms with Crippen LogP contribution in [0.1, 0.15) is 11.4 Å². The average Bonchev–Trinajstić information content (AvgIpc) is 3.18. The summed E-state index contributed by atoms with van der Waals surface area (Å²) in [6, 6.07) is 17.1. The van der Waals surface area contributed by atoms with Crippen molar-refractivity contribution in [2.45, 2.75) is 20.4 Å². The molecule has 4 rings (SSSR count). The van der Waals surface area contributed by atoms with Crippen LogP contribution in [0.3, 0.4) is 0 Å². The number of anilines is 1. The fraction of sp³-hybridized carbons (Fsp3) is 0.200. The molecule has 0 saturated heterocycles. The summed E-state index contributed by atoms with van der Waals surface area (Å²) in [5, 5.41) is 7.05. The smallest absolute Gasteiger partial charge is 0.146 e. The highest BCUT2D eigenvalue weighted by atomic mass is 15.4. The Hall–Kier alpha value is -2.75. The second kappa shape index (κ2) is 6.04. The number of hydrogen-bond donors (Lipinski definition) is 0. The number of aromatic nitrogens is 2. The first-order chi connectivity index (χ1) is 11.7. The van der Waals surface area contributed by atoms with Crippen molar-refractivity contribution >= 4 is 16.5 Å². The lowest BCUT2D eigenvalue weighted by Gasteiger charge is -2.21. The van der Waals surface area contributed by atoms with E-state index < -0.39 is 0 Å². The number of nitrogens with zero attached hydrogens (tertiary/aromatic N) is 4. The highest BCUT2D eigenvalue weighted by Crippen LogP contribution is 2.26. The molecule has 0 bridgehead atoms. The van der Waals surface area contributed by atoms with Gasteiger partial charge in [0.1, 0.15) is 6.67 Å². The summed E-state index contributed by atoms with van der Waals surface area (Å²) >= 11 is 0. The normalized spacial score (nSPS) is 14.1. The van der Waals surface area contributed by atoms with Crippen LogP contribution in [-0.2, 0) is 6.54 Å². The van der Waals surface area contributed by atoms with Crippen LogP contribution in [0.4, 0.5) is 5.69 Å². The first kappa shape index (κ1) is 14.8. The highest BCUT2D eigenvalue weighted by molar-refractivity contribution is 5.86. The van der Waals surface area contributed by atoms with Gasteiger partial charge in [-0.2, -0.15) is 5.10 Å². The predicted molar refractivity (Wildman–Crippen MR) is 98.3 cm³/mol. The van der Waals surface area contributed by atoms with Crippen LogP contribution in [0.5, 0.6) is 0 Å². The minimum Gasteiger partial charge on any atom is -0.351 e. The molecule has 24 heavy (non-hydrogen) atoms. The monoisotopic (exact) mass is 317 g/mol. The summed E-state index contributed by atoms with van der Waals surface area (Å²) in [6.07, 6.45) is 4.21. The Balaban J connectivity index is 1.42. The standard InChI is InChI=1S/C20H21N4/c1-16-13-17(2)24(21-16)12-10-22-9-11-23(15-22)20-8-7-18-5-3-4-6-19(18)14-20/h3-9,11,13-15H,10,12H2,1-2H3. The summed E-state index contributed by atoms with van der Waals surface area (Å²) in [5.41, 5.74) is 3.46. The van der Waals surface area contributed by atoms with Crippen molar-refractivity contribution in [3.8, 4) is 0 Å². The number of benzene rings is 2. The molecule has 0 spiro atoms. The summed E-state index contributed by atoms with van der Waals surface area (Å²) in [7, 11) is 0. The van der Waals surface area contributed by atoms with Gasteiger partial charge in [0.05, 0.1) is 12.2 Å². The molecule has 0 unspecified atom stereocenters. The lowest BCUT2D eigenvalue weighted by atomic mass is 10.1. The zero-order valence-corrected chi connectivity index (χ0v) is 14.1. The van der Waals surface area contributed by atoms with E-state index in [9.17, 15) is 0 Å². The molecular formula is C20H21N4. The van der Waals surface area contributed by atoms with E-state index in [1.165, 1.54) is 22.2 Å². The van der Waals surface area contributed by atoms with Gasteiger partial charge in [0.25, 0.3) is 0 Å². The maximum absolute atomic E-state index is 4.52. The fourth-order valence-electron chi connectivity index (χ4n) is 3.13. The molecule has 1 aliphatic rings. The summed E-state index contributed by atoms with van der Waals surface area (Å²) in [6.45, 7) is 8.06. The molecule has 0 atom stereocenters. The van der Waals surface area contributed by atoms with Gasteiger partial charge in [0.2, 0.25) is 0 Å². The summed E-state index contributed by atoms with van der Waals surface area (Å²) < 4.78 is 2.07. The fourth-order valence-corrected chi connectivity index (χ4v) is 3.13. The van der Waals surface area contributed by atoms with Gasteiger partial charge >= 0.3 is 0 Å². The molecule has 0 aliphatic carbocycles. The van der Waals surface area contributed by atoms with E-state index in [0.29, 0.717) is 0 Å². The molecule has 0 saturated carbocycles. The van der Waals surface area contributed by atoms with Crippen molar-refractivity contribution in [3.63, 3.8) is 0 Å². The van der Waals surface area contributed by atoms with Crippen LogP contribution < -0.4 is 4.90 Å². The van der Waals surface area contributed by atoms with Gasteiger partial charge in [-0.1, -0.05) is 30.3 Å². The van der Waals surface area contributed by atoms with Gasteiger partial charge in [-0.3, -0.25) is 4.68 Å². The lowest BCUT2D eigenvalue weighted by molar-refractivity contribution is 0.414. The van der Waals surface area contributed by atoms with Crippen molar-refractivity contribution in [2.24, 2.45) is 0 Å². The van der Waals surface area contributed by atoms with E-state index in [-0.39, 0.29) is 0 Å². The van der Waals surface area contributed by atoms with Gasteiger partial charge < -0.3 is 9.80 Å². The number of fused-ring (bicyclic) bond motifs is 1. The molecule has 121 valence electrons. The Morgan fingerprint density at radius 2 is 1.71 bits per heavy atom. The maximum Gasteiger partial charge on any atom is 0.146 e. The topological polar surface area (TPSA) is 24.3 Å². The van der Waals surface area contributed by atoms with Crippen molar-refractivity contribution in [1.29, 1.82) is 0 Å². The van der Waals surface area contributed by atoms with Gasteiger partial charge in [0, 0.05) is 30.3 Å². The van der Waals surface area contributed by atoms with Gasteiger partial charge in [0.15, 0.2) is 0 Å². The number of aryl methyl sites for hydroxylation is 2. The predicted octanol–water partition coefficient (Wildman–Crippen LogP) is 4.07. The molecule has 0 fully saturated rings. The summed E-state index contributed by atoms with van der Waals surface area (Å²) in [5.74, 6) is 0. The first-order valence-corrected chi connectivity index (χ1v) is 8.26. The number of rotatable bonds is 4.